The Hall–Kier alpha value is -2.71. The summed E-state index contributed by atoms with van der Waals surface area (Å²) in [7, 11) is 0. The van der Waals surface area contributed by atoms with Gasteiger partial charge in [0.15, 0.2) is 0 Å². The van der Waals surface area contributed by atoms with Crippen molar-refractivity contribution in [1.82, 2.24) is 15.5 Å². The number of carbonyl (C=O) groups excluding carboxylic acids is 3. The van der Waals surface area contributed by atoms with Gasteiger partial charge in [-0.05, 0) is 50.0 Å². The van der Waals surface area contributed by atoms with Crippen LogP contribution < -0.4 is 11.2 Å². The van der Waals surface area contributed by atoms with E-state index in [9.17, 15) is 19.6 Å². The molecule has 0 unspecified atom stereocenters. The second kappa shape index (κ2) is 12.4. The van der Waals surface area contributed by atoms with Crippen LogP contribution in [0.2, 0.25) is 0 Å². The van der Waals surface area contributed by atoms with Crippen molar-refractivity contribution in [1.29, 1.82) is 0 Å². The lowest BCUT2D eigenvalue weighted by atomic mass is 10.1. The highest BCUT2D eigenvalue weighted by atomic mass is 16.5. The number of nitrogens with one attached hydrogen (secondary N) is 1. The Morgan fingerprint density at radius 1 is 1.19 bits per heavy atom. The Bertz CT molecular complexity index is 790. The first-order valence-corrected chi connectivity index (χ1v) is 11.3. The predicted molar refractivity (Wildman–Crippen MR) is 123 cm³/mol. The zero-order chi connectivity index (χ0) is 23.7. The van der Waals surface area contributed by atoms with Gasteiger partial charge in [0.2, 0.25) is 5.91 Å². The van der Waals surface area contributed by atoms with Gasteiger partial charge >= 0.3 is 0 Å². The Morgan fingerprint density at radius 3 is 2.38 bits per heavy atom. The second-order valence-electron chi connectivity index (χ2n) is 8.86. The van der Waals surface area contributed by atoms with Crippen molar-refractivity contribution in [2.75, 3.05) is 6.54 Å². The highest BCUT2D eigenvalue weighted by Gasteiger charge is 2.39. The number of nitrogens with zero attached hydrogens (tertiary/aromatic N) is 2. The van der Waals surface area contributed by atoms with E-state index in [1.807, 2.05) is 50.3 Å². The summed E-state index contributed by atoms with van der Waals surface area (Å²) in [5.74, 6) is -0.952. The van der Waals surface area contributed by atoms with E-state index in [0.717, 1.165) is 18.4 Å². The highest BCUT2D eigenvalue weighted by molar-refractivity contribution is 5.90. The number of hydrogen-bond donors (Lipinski definition) is 3. The molecule has 32 heavy (non-hydrogen) atoms. The molecule has 0 bridgehead atoms. The third-order valence-electron chi connectivity index (χ3n) is 5.40. The summed E-state index contributed by atoms with van der Waals surface area (Å²) in [6.07, 6.45) is 6.46. The molecule has 1 saturated carbocycles. The zero-order valence-corrected chi connectivity index (χ0v) is 19.2. The third kappa shape index (κ3) is 7.76. The summed E-state index contributed by atoms with van der Waals surface area (Å²) < 4.78 is 0. The van der Waals surface area contributed by atoms with Gasteiger partial charge in [-0.2, -0.15) is 0 Å². The standard InChI is InChI=1S/C24H36N4O4/c1-17(2)12-15-22(29)28(27(16-20-13-14-20)24(31)18(3)25)21(23(30)26-32)11-7-10-19-8-5-4-6-9-19/h4-10,17-18,20-21,32H,11-16,25H2,1-3H3,(H,26,30)/t18-,21+/m1/s1. The summed E-state index contributed by atoms with van der Waals surface area (Å²) >= 11 is 0. The fourth-order valence-electron chi connectivity index (χ4n) is 3.36. The first-order chi connectivity index (χ1) is 15.2. The molecule has 1 fully saturated rings. The molecule has 0 aliphatic heterocycles. The molecule has 0 spiro atoms. The topological polar surface area (TPSA) is 116 Å². The van der Waals surface area contributed by atoms with E-state index in [4.69, 9.17) is 5.73 Å². The summed E-state index contributed by atoms with van der Waals surface area (Å²) in [5.41, 5.74) is 8.49. The van der Waals surface area contributed by atoms with Gasteiger partial charge in [0, 0.05) is 13.0 Å². The van der Waals surface area contributed by atoms with Crippen molar-refractivity contribution in [3.05, 3.63) is 42.0 Å². The largest absolute Gasteiger partial charge is 0.320 e. The molecule has 1 aliphatic rings. The number of hydrogen-bond acceptors (Lipinski definition) is 5. The maximum atomic E-state index is 13.3. The van der Waals surface area contributed by atoms with Gasteiger partial charge in [0.25, 0.3) is 11.8 Å². The Labute approximate surface area is 190 Å². The van der Waals surface area contributed by atoms with Crippen LogP contribution in [0, 0.1) is 11.8 Å². The number of rotatable bonds is 11. The Morgan fingerprint density at radius 2 is 1.84 bits per heavy atom. The Balaban J connectivity index is 2.37. The van der Waals surface area contributed by atoms with Crippen LogP contribution in [0.5, 0.6) is 0 Å². The quantitative estimate of drug-likeness (QED) is 0.358. The van der Waals surface area contributed by atoms with Crippen molar-refractivity contribution < 1.29 is 19.6 Å². The number of carbonyl (C=O) groups is 3. The van der Waals surface area contributed by atoms with Crippen molar-refractivity contribution >= 4 is 23.8 Å². The fourth-order valence-corrected chi connectivity index (χ4v) is 3.36. The summed E-state index contributed by atoms with van der Waals surface area (Å²) in [5, 5.41) is 12.0. The van der Waals surface area contributed by atoms with E-state index in [-0.39, 0.29) is 30.6 Å². The van der Waals surface area contributed by atoms with Crippen molar-refractivity contribution in [2.24, 2.45) is 17.6 Å². The van der Waals surface area contributed by atoms with Gasteiger partial charge in [0.05, 0.1) is 6.04 Å². The van der Waals surface area contributed by atoms with Gasteiger partial charge in [-0.15, -0.1) is 0 Å². The van der Waals surface area contributed by atoms with Crippen molar-refractivity contribution in [3.8, 4) is 0 Å². The van der Waals surface area contributed by atoms with Crippen LogP contribution in [-0.4, -0.2) is 51.6 Å². The molecular formula is C24H36N4O4. The number of benzene rings is 1. The van der Waals surface area contributed by atoms with Crippen LogP contribution in [-0.2, 0) is 14.4 Å². The zero-order valence-electron chi connectivity index (χ0n) is 19.2. The van der Waals surface area contributed by atoms with Gasteiger partial charge in [0.1, 0.15) is 6.04 Å². The average molecular weight is 445 g/mol. The Kier molecular flexibility index (Phi) is 9.87. The van der Waals surface area contributed by atoms with Crippen LogP contribution >= 0.6 is 0 Å². The molecule has 3 amide bonds. The van der Waals surface area contributed by atoms with E-state index in [2.05, 4.69) is 0 Å². The molecule has 0 saturated heterocycles. The molecule has 0 aromatic heterocycles. The van der Waals surface area contributed by atoms with E-state index in [1.165, 1.54) is 10.0 Å². The van der Waals surface area contributed by atoms with Gasteiger partial charge < -0.3 is 5.73 Å². The van der Waals surface area contributed by atoms with Crippen LogP contribution in [0.4, 0.5) is 0 Å². The minimum atomic E-state index is -1.08. The van der Waals surface area contributed by atoms with Crippen LogP contribution in [0.3, 0.4) is 0 Å². The number of hydroxylamine groups is 1. The van der Waals surface area contributed by atoms with E-state index < -0.39 is 23.9 Å². The second-order valence-corrected chi connectivity index (χ2v) is 8.86. The van der Waals surface area contributed by atoms with E-state index >= 15 is 0 Å². The molecule has 0 heterocycles. The van der Waals surface area contributed by atoms with E-state index in [0.29, 0.717) is 13.0 Å². The minimum Gasteiger partial charge on any atom is -0.320 e. The predicted octanol–water partition coefficient (Wildman–Crippen LogP) is 2.73. The first kappa shape index (κ1) is 25.5. The molecule has 8 heteroatoms. The lowest BCUT2D eigenvalue weighted by molar-refractivity contribution is -0.175. The maximum Gasteiger partial charge on any atom is 0.268 e. The van der Waals surface area contributed by atoms with Gasteiger partial charge in [-0.1, -0.05) is 56.3 Å². The third-order valence-corrected chi connectivity index (χ3v) is 5.40. The van der Waals surface area contributed by atoms with Crippen LogP contribution in [0.15, 0.2) is 36.4 Å². The molecular weight excluding hydrogens is 408 g/mol. The molecule has 8 nitrogen and oxygen atoms in total. The number of hydrazine groups is 1. The first-order valence-electron chi connectivity index (χ1n) is 11.3. The lowest BCUT2D eigenvalue weighted by Crippen LogP contribution is -2.61. The number of amides is 3. The molecule has 4 N–H and O–H groups in total. The van der Waals surface area contributed by atoms with Gasteiger partial charge in [-0.25, -0.2) is 15.5 Å². The normalized spacial score (nSPS) is 15.4. The molecule has 2 rings (SSSR count). The SMILES string of the molecule is CC(C)CCC(=O)N([C@@H](CC=Cc1ccccc1)C(=O)NO)N(CC1CC1)C(=O)[C@@H](C)N. The summed E-state index contributed by atoms with van der Waals surface area (Å²) in [6.45, 7) is 5.90. The average Bonchev–Trinajstić information content (AvgIpc) is 3.59. The molecule has 0 radical (unpaired) electrons. The smallest absolute Gasteiger partial charge is 0.268 e. The number of nitrogens with two attached hydrogens (primary N) is 1. The molecule has 1 aromatic rings. The summed E-state index contributed by atoms with van der Waals surface area (Å²) in [6, 6.07) is 7.64. The highest BCUT2D eigenvalue weighted by Crippen LogP contribution is 2.31. The molecule has 176 valence electrons. The minimum absolute atomic E-state index is 0.127. The summed E-state index contributed by atoms with van der Waals surface area (Å²) in [4.78, 5) is 39.0. The molecule has 1 aliphatic carbocycles. The monoisotopic (exact) mass is 444 g/mol. The molecule has 1 aromatic carbocycles. The van der Waals surface area contributed by atoms with Crippen molar-refractivity contribution in [2.45, 2.75) is 65.0 Å². The van der Waals surface area contributed by atoms with Crippen molar-refractivity contribution in [3.63, 3.8) is 0 Å². The molecule has 2 atom stereocenters. The van der Waals surface area contributed by atoms with Crippen LogP contribution in [0.25, 0.3) is 6.08 Å². The van der Waals surface area contributed by atoms with Crippen LogP contribution in [0.1, 0.15) is 58.4 Å². The maximum absolute atomic E-state index is 13.3. The lowest BCUT2D eigenvalue weighted by Gasteiger charge is -2.40. The fraction of sp³-hybridized carbons (Fsp3) is 0.542. The van der Waals surface area contributed by atoms with Gasteiger partial charge in [-0.3, -0.25) is 19.6 Å². The van der Waals surface area contributed by atoms with E-state index in [1.54, 1.807) is 18.5 Å².